The van der Waals surface area contributed by atoms with Gasteiger partial charge >= 0.3 is 5.97 Å². The van der Waals surface area contributed by atoms with Crippen LogP contribution in [0.5, 0.6) is 0 Å². The highest BCUT2D eigenvalue weighted by Crippen LogP contribution is 2.10. The van der Waals surface area contributed by atoms with E-state index in [2.05, 4.69) is 31.7 Å². The summed E-state index contributed by atoms with van der Waals surface area (Å²) in [6.45, 7) is 2.69. The molecule has 0 aliphatic carbocycles. The van der Waals surface area contributed by atoms with Crippen LogP contribution in [0.1, 0.15) is 84.0 Å². The van der Waals surface area contributed by atoms with Crippen LogP contribution in [0.4, 0.5) is 0 Å². The summed E-state index contributed by atoms with van der Waals surface area (Å²) in [4.78, 5) is 11.2. The summed E-state index contributed by atoms with van der Waals surface area (Å²) in [7, 11) is 0. The molecule has 0 N–H and O–H groups in total. The first-order chi connectivity index (χ1) is 10.3. The second kappa shape index (κ2) is 17.6. The number of carbonyl (C=O) groups is 1. The molecule has 0 saturated carbocycles. The molecule has 0 rings (SSSR count). The highest BCUT2D eigenvalue weighted by Gasteiger charge is 1.99. The van der Waals surface area contributed by atoms with Gasteiger partial charge in [-0.05, 0) is 25.7 Å². The maximum atomic E-state index is 11.2. The number of esters is 1. The summed E-state index contributed by atoms with van der Waals surface area (Å²) in [5.74, 6) is 0.505. The van der Waals surface area contributed by atoms with Gasteiger partial charge in [-0.2, -0.15) is 12.6 Å². The molecule has 0 aromatic carbocycles. The van der Waals surface area contributed by atoms with Crippen LogP contribution in [0.15, 0.2) is 12.2 Å². The number of thiol groups is 1. The van der Waals surface area contributed by atoms with Gasteiger partial charge in [-0.1, -0.05) is 64.0 Å². The predicted octanol–water partition coefficient (Wildman–Crippen LogP) is 5.72. The van der Waals surface area contributed by atoms with Gasteiger partial charge in [0.05, 0.1) is 0 Å². The molecule has 0 bridgehead atoms. The average molecular weight is 315 g/mol. The van der Waals surface area contributed by atoms with Crippen molar-refractivity contribution in [2.45, 2.75) is 84.0 Å². The molecule has 0 spiro atoms. The summed E-state index contributed by atoms with van der Waals surface area (Å²) < 4.78 is 4.96. The summed E-state index contributed by atoms with van der Waals surface area (Å²) in [5, 5.41) is 0. The van der Waals surface area contributed by atoms with Crippen molar-refractivity contribution in [3.05, 3.63) is 12.2 Å². The maximum absolute atomic E-state index is 11.2. The Bertz CT molecular complexity index is 252. The summed E-state index contributed by atoms with van der Waals surface area (Å²) >= 11 is 4.00. The van der Waals surface area contributed by atoms with Crippen molar-refractivity contribution in [3.8, 4) is 0 Å². The van der Waals surface area contributed by atoms with Crippen LogP contribution < -0.4 is 0 Å². The van der Waals surface area contributed by atoms with Gasteiger partial charge in [-0.15, -0.1) is 0 Å². The third kappa shape index (κ3) is 17.5. The van der Waals surface area contributed by atoms with Crippen molar-refractivity contribution in [2.24, 2.45) is 0 Å². The van der Waals surface area contributed by atoms with Gasteiger partial charge in [0, 0.05) is 12.2 Å². The normalized spacial score (nSPS) is 11.1. The molecule has 124 valence electrons. The lowest BCUT2D eigenvalue weighted by Gasteiger charge is -2.01. The molecule has 0 fully saturated rings. The van der Waals surface area contributed by atoms with Crippen molar-refractivity contribution < 1.29 is 9.53 Å². The van der Waals surface area contributed by atoms with Gasteiger partial charge in [0.15, 0.2) is 0 Å². The Morgan fingerprint density at radius 1 is 0.905 bits per heavy atom. The van der Waals surface area contributed by atoms with Crippen LogP contribution in [-0.2, 0) is 9.53 Å². The van der Waals surface area contributed by atoms with Crippen LogP contribution in [-0.4, -0.2) is 18.3 Å². The SMILES string of the molecule is CCCCCCCCCC/C=C/CCCC(=O)OCCS. The Morgan fingerprint density at radius 2 is 1.48 bits per heavy atom. The molecule has 0 aliphatic heterocycles. The molecule has 0 aliphatic rings. The van der Waals surface area contributed by atoms with Gasteiger partial charge in [0.1, 0.15) is 6.61 Å². The van der Waals surface area contributed by atoms with E-state index in [1.807, 2.05) is 0 Å². The van der Waals surface area contributed by atoms with E-state index in [0.717, 1.165) is 12.8 Å². The zero-order valence-corrected chi connectivity index (χ0v) is 14.7. The minimum atomic E-state index is -0.0967. The summed E-state index contributed by atoms with van der Waals surface area (Å²) in [6, 6.07) is 0. The molecule has 0 aromatic rings. The lowest BCUT2D eigenvalue weighted by Crippen LogP contribution is -2.05. The molecular formula is C18H34O2S. The number of allylic oxidation sites excluding steroid dienone is 2. The minimum absolute atomic E-state index is 0.0967. The molecule has 2 nitrogen and oxygen atoms in total. The predicted molar refractivity (Wildman–Crippen MR) is 95.0 cm³/mol. The highest BCUT2D eigenvalue weighted by atomic mass is 32.1. The third-order valence-electron chi connectivity index (χ3n) is 3.50. The molecule has 0 aromatic heterocycles. The topological polar surface area (TPSA) is 26.3 Å². The molecule has 0 amide bonds. The number of ether oxygens (including phenoxy) is 1. The first-order valence-corrected chi connectivity index (χ1v) is 9.36. The minimum Gasteiger partial charge on any atom is -0.465 e. The van der Waals surface area contributed by atoms with Crippen molar-refractivity contribution in [3.63, 3.8) is 0 Å². The zero-order valence-electron chi connectivity index (χ0n) is 13.8. The molecule has 3 heteroatoms. The van der Waals surface area contributed by atoms with Gasteiger partial charge in [0.25, 0.3) is 0 Å². The van der Waals surface area contributed by atoms with E-state index < -0.39 is 0 Å². The lowest BCUT2D eigenvalue weighted by molar-refractivity contribution is -0.143. The quantitative estimate of drug-likeness (QED) is 0.181. The molecule has 0 saturated heterocycles. The van der Waals surface area contributed by atoms with Gasteiger partial charge in [0.2, 0.25) is 0 Å². The van der Waals surface area contributed by atoms with E-state index in [4.69, 9.17) is 4.74 Å². The van der Waals surface area contributed by atoms with Crippen LogP contribution in [0.2, 0.25) is 0 Å². The molecule has 0 radical (unpaired) electrons. The van der Waals surface area contributed by atoms with E-state index in [1.165, 1.54) is 57.8 Å². The first kappa shape index (κ1) is 20.6. The number of hydrogen-bond acceptors (Lipinski definition) is 3. The van der Waals surface area contributed by atoms with E-state index in [0.29, 0.717) is 18.8 Å². The van der Waals surface area contributed by atoms with E-state index in [9.17, 15) is 4.79 Å². The fourth-order valence-corrected chi connectivity index (χ4v) is 2.32. The van der Waals surface area contributed by atoms with Crippen molar-refractivity contribution >= 4 is 18.6 Å². The van der Waals surface area contributed by atoms with E-state index in [-0.39, 0.29) is 5.97 Å². The number of hydrogen-bond donors (Lipinski definition) is 1. The second-order valence-electron chi connectivity index (χ2n) is 5.57. The first-order valence-electron chi connectivity index (χ1n) is 8.72. The van der Waals surface area contributed by atoms with Crippen LogP contribution in [0.3, 0.4) is 0 Å². The number of unbranched alkanes of at least 4 members (excludes halogenated alkanes) is 9. The van der Waals surface area contributed by atoms with Crippen molar-refractivity contribution in [2.75, 3.05) is 12.4 Å². The standard InChI is InChI=1S/C18H34O2S/c1-2-3-4-5-6-7-8-9-10-11-12-13-14-15-18(19)20-16-17-21/h11-12,21H,2-10,13-17H2,1H3/b12-11+. The van der Waals surface area contributed by atoms with Gasteiger partial charge in [-0.25, -0.2) is 0 Å². The molecule has 0 heterocycles. The highest BCUT2D eigenvalue weighted by molar-refractivity contribution is 7.80. The molecular weight excluding hydrogens is 280 g/mol. The van der Waals surface area contributed by atoms with Crippen LogP contribution in [0, 0.1) is 0 Å². The maximum Gasteiger partial charge on any atom is 0.305 e. The Hall–Kier alpha value is -0.440. The fraction of sp³-hybridized carbons (Fsp3) is 0.833. The Labute approximate surface area is 137 Å². The Morgan fingerprint density at radius 3 is 2.10 bits per heavy atom. The number of rotatable bonds is 15. The fourth-order valence-electron chi connectivity index (χ4n) is 2.23. The van der Waals surface area contributed by atoms with Crippen LogP contribution in [0.25, 0.3) is 0 Å². The Kier molecular flexibility index (Phi) is 17.2. The second-order valence-corrected chi connectivity index (χ2v) is 6.02. The zero-order chi connectivity index (χ0) is 15.6. The number of carbonyl (C=O) groups excluding carboxylic acids is 1. The van der Waals surface area contributed by atoms with E-state index in [1.54, 1.807) is 0 Å². The summed E-state index contributed by atoms with van der Waals surface area (Å²) in [5.41, 5.74) is 0. The average Bonchev–Trinajstić information content (AvgIpc) is 2.49. The van der Waals surface area contributed by atoms with Crippen LogP contribution >= 0.6 is 12.6 Å². The van der Waals surface area contributed by atoms with Gasteiger partial charge in [-0.3, -0.25) is 4.79 Å². The van der Waals surface area contributed by atoms with E-state index >= 15 is 0 Å². The molecule has 0 atom stereocenters. The van der Waals surface area contributed by atoms with Crippen molar-refractivity contribution in [1.29, 1.82) is 0 Å². The summed E-state index contributed by atoms with van der Waals surface area (Å²) in [6.07, 6.45) is 19.0. The third-order valence-corrected chi connectivity index (χ3v) is 3.68. The largest absolute Gasteiger partial charge is 0.465 e. The lowest BCUT2D eigenvalue weighted by atomic mass is 10.1. The monoisotopic (exact) mass is 314 g/mol. The van der Waals surface area contributed by atoms with Crippen molar-refractivity contribution in [1.82, 2.24) is 0 Å². The smallest absolute Gasteiger partial charge is 0.305 e. The molecule has 0 unspecified atom stereocenters. The molecule has 21 heavy (non-hydrogen) atoms. The van der Waals surface area contributed by atoms with Gasteiger partial charge < -0.3 is 4.74 Å². The Balaban J connectivity index is 3.17.